The second kappa shape index (κ2) is 5.13. The summed E-state index contributed by atoms with van der Waals surface area (Å²) in [6, 6.07) is 3.80. The van der Waals surface area contributed by atoms with Crippen LogP contribution < -0.4 is 0 Å². The molecule has 2 rings (SSSR count). The van der Waals surface area contributed by atoms with Crippen molar-refractivity contribution in [1.82, 2.24) is 4.90 Å². The molecule has 0 saturated carbocycles. The van der Waals surface area contributed by atoms with Crippen molar-refractivity contribution in [1.29, 1.82) is 0 Å². The summed E-state index contributed by atoms with van der Waals surface area (Å²) in [5, 5.41) is 0. The number of Topliss-reactive ketones (excluding diaryl/α,β-unsaturated/α-hetero) is 1. The Morgan fingerprint density at radius 2 is 2.35 bits per heavy atom. The molecule has 0 bridgehead atoms. The van der Waals surface area contributed by atoms with E-state index in [0.717, 1.165) is 9.75 Å². The molecule has 4 heteroatoms. The molecule has 88 valence electrons. The predicted octanol–water partition coefficient (Wildman–Crippen LogP) is 2.22. The normalized spacial score (nSPS) is 14.9. The fourth-order valence-electron chi connectivity index (χ4n) is 1.74. The zero-order valence-corrected chi connectivity index (χ0v) is 10.4. The summed E-state index contributed by atoms with van der Waals surface area (Å²) in [5.41, 5.74) is 0.697. The van der Waals surface area contributed by atoms with E-state index in [-0.39, 0.29) is 5.78 Å². The van der Waals surface area contributed by atoms with E-state index >= 15 is 0 Å². The van der Waals surface area contributed by atoms with E-state index in [2.05, 4.69) is 0 Å². The van der Waals surface area contributed by atoms with Gasteiger partial charge in [0.25, 0.3) is 0 Å². The highest BCUT2D eigenvalue weighted by molar-refractivity contribution is 7.14. The molecule has 0 saturated heterocycles. The zero-order valence-electron chi connectivity index (χ0n) is 9.60. The number of ketones is 1. The maximum Gasteiger partial charge on any atom is 0.191 e. The maximum atomic E-state index is 11.9. The average molecular weight is 247 g/mol. The van der Waals surface area contributed by atoms with Gasteiger partial charge in [0.15, 0.2) is 5.78 Å². The summed E-state index contributed by atoms with van der Waals surface area (Å²) in [5.74, 6) is 2.01. The topological polar surface area (TPSA) is 37.4 Å². The van der Waals surface area contributed by atoms with Gasteiger partial charge in [-0.2, -0.15) is 0 Å². The van der Waals surface area contributed by atoms with Gasteiger partial charge in [-0.05, 0) is 25.3 Å². The van der Waals surface area contributed by atoms with Crippen molar-refractivity contribution in [3.05, 3.63) is 39.7 Å². The Kier molecular flexibility index (Phi) is 3.57. The number of carbonyl (C=O) groups excluding carboxylic acids is 2. The molecule has 0 atom stereocenters. The van der Waals surface area contributed by atoms with Crippen molar-refractivity contribution in [3.8, 4) is 0 Å². The molecule has 0 radical (unpaired) electrons. The Morgan fingerprint density at radius 3 is 3.00 bits per heavy atom. The van der Waals surface area contributed by atoms with Crippen LogP contribution in [0, 0.1) is 6.92 Å². The molecule has 0 spiro atoms. The Bertz CT molecular complexity index is 509. The van der Waals surface area contributed by atoms with E-state index in [4.69, 9.17) is 0 Å². The lowest BCUT2D eigenvalue weighted by Crippen LogP contribution is -2.28. The first-order valence-corrected chi connectivity index (χ1v) is 6.24. The van der Waals surface area contributed by atoms with Crippen molar-refractivity contribution in [2.45, 2.75) is 13.3 Å². The van der Waals surface area contributed by atoms with Crippen LogP contribution in [0.25, 0.3) is 0 Å². The first-order valence-electron chi connectivity index (χ1n) is 5.42. The average Bonchev–Trinajstić information content (AvgIpc) is 2.76. The van der Waals surface area contributed by atoms with Crippen LogP contribution in [0.2, 0.25) is 0 Å². The van der Waals surface area contributed by atoms with E-state index in [1.54, 1.807) is 0 Å². The van der Waals surface area contributed by atoms with Gasteiger partial charge in [0.1, 0.15) is 5.94 Å². The summed E-state index contributed by atoms with van der Waals surface area (Å²) in [7, 11) is 0. The molecular formula is C13H13NO2S. The number of hydrogen-bond acceptors (Lipinski definition) is 4. The van der Waals surface area contributed by atoms with Gasteiger partial charge >= 0.3 is 0 Å². The number of thiophene rings is 1. The number of aryl methyl sites for hydroxylation is 1. The largest absolute Gasteiger partial charge is 0.365 e. The van der Waals surface area contributed by atoms with Gasteiger partial charge in [0.2, 0.25) is 0 Å². The van der Waals surface area contributed by atoms with Gasteiger partial charge in [0, 0.05) is 23.4 Å². The van der Waals surface area contributed by atoms with E-state index in [1.165, 1.54) is 11.3 Å². The van der Waals surface area contributed by atoms with Gasteiger partial charge in [-0.1, -0.05) is 6.08 Å². The highest BCUT2D eigenvalue weighted by atomic mass is 32.1. The third-order valence-electron chi connectivity index (χ3n) is 2.58. The van der Waals surface area contributed by atoms with Crippen LogP contribution in [0.4, 0.5) is 0 Å². The van der Waals surface area contributed by atoms with Crippen LogP contribution in [-0.4, -0.2) is 29.7 Å². The minimum Gasteiger partial charge on any atom is -0.365 e. The van der Waals surface area contributed by atoms with Crippen molar-refractivity contribution >= 4 is 23.1 Å². The SMILES string of the molecule is Cc1ccc(C(=O)CN2C=CCC(=C=O)C2)s1. The van der Waals surface area contributed by atoms with Crippen LogP contribution in [0.15, 0.2) is 30.0 Å². The summed E-state index contributed by atoms with van der Waals surface area (Å²) < 4.78 is 0. The molecule has 17 heavy (non-hydrogen) atoms. The molecule has 2 heterocycles. The molecule has 1 aromatic rings. The lowest BCUT2D eigenvalue weighted by atomic mass is 10.1. The van der Waals surface area contributed by atoms with Crippen molar-refractivity contribution in [2.75, 3.05) is 13.1 Å². The predicted molar refractivity (Wildman–Crippen MR) is 67.9 cm³/mol. The van der Waals surface area contributed by atoms with Gasteiger partial charge in [-0.15, -0.1) is 11.3 Å². The van der Waals surface area contributed by atoms with Crippen molar-refractivity contribution < 1.29 is 9.59 Å². The molecular weight excluding hydrogens is 234 g/mol. The summed E-state index contributed by atoms with van der Waals surface area (Å²) in [6.07, 6.45) is 4.40. The Balaban J connectivity index is 2.02. The fourth-order valence-corrected chi connectivity index (χ4v) is 2.53. The van der Waals surface area contributed by atoms with Crippen LogP contribution in [-0.2, 0) is 4.79 Å². The number of carbonyl (C=O) groups is 1. The minimum absolute atomic E-state index is 0.0971. The van der Waals surface area contributed by atoms with Crippen molar-refractivity contribution in [3.63, 3.8) is 0 Å². The number of rotatable bonds is 3. The van der Waals surface area contributed by atoms with E-state index in [0.29, 0.717) is 25.1 Å². The molecule has 0 fully saturated rings. The van der Waals surface area contributed by atoms with Gasteiger partial charge in [-0.3, -0.25) is 4.79 Å². The van der Waals surface area contributed by atoms with E-state index < -0.39 is 0 Å². The monoisotopic (exact) mass is 247 g/mol. The number of hydrogen-bond donors (Lipinski definition) is 0. The van der Waals surface area contributed by atoms with Crippen LogP contribution in [0.5, 0.6) is 0 Å². The number of allylic oxidation sites excluding steroid dienone is 1. The Hall–Kier alpha value is -1.64. The molecule has 1 aliphatic rings. The first kappa shape index (κ1) is 11.8. The molecule has 0 aliphatic carbocycles. The summed E-state index contributed by atoms with van der Waals surface area (Å²) in [4.78, 5) is 26.3. The molecule has 1 aromatic heterocycles. The molecule has 0 amide bonds. The summed E-state index contributed by atoms with van der Waals surface area (Å²) >= 11 is 1.51. The van der Waals surface area contributed by atoms with Crippen LogP contribution in [0.1, 0.15) is 21.0 Å². The second-order valence-corrected chi connectivity index (χ2v) is 5.32. The molecule has 1 aliphatic heterocycles. The second-order valence-electron chi connectivity index (χ2n) is 4.03. The Morgan fingerprint density at radius 1 is 1.53 bits per heavy atom. The van der Waals surface area contributed by atoms with Gasteiger partial charge in [0.05, 0.1) is 11.4 Å². The lowest BCUT2D eigenvalue weighted by Gasteiger charge is -2.22. The fraction of sp³-hybridized carbons (Fsp3) is 0.308. The maximum absolute atomic E-state index is 11.9. The van der Waals surface area contributed by atoms with E-state index in [1.807, 2.05) is 42.2 Å². The third-order valence-corrected chi connectivity index (χ3v) is 3.62. The molecule has 0 N–H and O–H groups in total. The van der Waals surface area contributed by atoms with Crippen LogP contribution in [0.3, 0.4) is 0 Å². The highest BCUT2D eigenvalue weighted by Gasteiger charge is 2.15. The lowest BCUT2D eigenvalue weighted by molar-refractivity contribution is 0.0961. The third kappa shape index (κ3) is 2.93. The molecule has 0 aromatic carbocycles. The van der Waals surface area contributed by atoms with Crippen LogP contribution >= 0.6 is 11.3 Å². The smallest absolute Gasteiger partial charge is 0.191 e. The zero-order chi connectivity index (χ0) is 12.3. The summed E-state index contributed by atoms with van der Waals surface area (Å²) in [6.45, 7) is 2.81. The minimum atomic E-state index is 0.0971. The van der Waals surface area contributed by atoms with E-state index in [9.17, 15) is 9.59 Å². The first-order chi connectivity index (χ1) is 8.19. The number of nitrogens with zero attached hydrogens (tertiary/aromatic N) is 1. The van der Waals surface area contributed by atoms with Gasteiger partial charge < -0.3 is 4.90 Å². The Labute approximate surface area is 104 Å². The van der Waals surface area contributed by atoms with Crippen molar-refractivity contribution in [2.24, 2.45) is 0 Å². The highest BCUT2D eigenvalue weighted by Crippen LogP contribution is 2.17. The molecule has 3 nitrogen and oxygen atoms in total. The quantitative estimate of drug-likeness (QED) is 0.607. The molecule has 0 unspecified atom stereocenters. The standard InChI is InChI=1S/C13H13NO2S/c1-10-4-5-13(17-10)12(16)8-14-6-2-3-11(7-14)9-15/h2,4-6H,3,7-8H2,1H3. The van der Waals surface area contributed by atoms with Gasteiger partial charge in [-0.25, -0.2) is 4.79 Å².